The van der Waals surface area contributed by atoms with Crippen molar-refractivity contribution in [3.63, 3.8) is 0 Å². The van der Waals surface area contributed by atoms with Gasteiger partial charge in [0.2, 0.25) is 11.6 Å². The Labute approximate surface area is 180 Å². The lowest BCUT2D eigenvalue weighted by Gasteiger charge is -2.24. The molecular weight excluding hydrogens is 390 g/mol. The highest BCUT2D eigenvalue weighted by molar-refractivity contribution is 5.96. The maximum atomic E-state index is 12.1. The first-order valence-electron chi connectivity index (χ1n) is 10.1. The van der Waals surface area contributed by atoms with Crippen molar-refractivity contribution in [3.05, 3.63) is 94.3 Å². The number of nitrogens with zero attached hydrogens (tertiary/aromatic N) is 4. The number of benzene rings is 3. The summed E-state index contributed by atoms with van der Waals surface area (Å²) in [4.78, 5) is 22.0. The van der Waals surface area contributed by atoms with Gasteiger partial charge in [-0.1, -0.05) is 66.2 Å². The van der Waals surface area contributed by atoms with Crippen LogP contribution in [-0.4, -0.2) is 21.4 Å². The van der Waals surface area contributed by atoms with E-state index in [4.69, 9.17) is 0 Å². The van der Waals surface area contributed by atoms with Crippen molar-refractivity contribution in [3.8, 4) is 0 Å². The molecule has 0 saturated carbocycles. The summed E-state index contributed by atoms with van der Waals surface area (Å²) in [5.74, 6) is 0.472. The maximum Gasteiger partial charge on any atom is 0.353 e. The average Bonchev–Trinajstić information content (AvgIpc) is 2.79. The smallest absolute Gasteiger partial charge is 0.353 e. The quantitative estimate of drug-likeness (QED) is 0.313. The fourth-order valence-corrected chi connectivity index (χ4v) is 3.63. The van der Waals surface area contributed by atoms with Crippen molar-refractivity contribution in [2.75, 3.05) is 16.8 Å². The summed E-state index contributed by atoms with van der Waals surface area (Å²) in [6, 6.07) is 21.9. The van der Waals surface area contributed by atoms with Crippen LogP contribution in [0.5, 0.6) is 0 Å². The Hall–Kier alpha value is -4.00. The van der Waals surface area contributed by atoms with Crippen LogP contribution in [0.25, 0.3) is 10.8 Å². The zero-order valence-electron chi connectivity index (χ0n) is 17.4. The molecule has 7 heteroatoms. The van der Waals surface area contributed by atoms with Gasteiger partial charge in [-0.05, 0) is 30.9 Å². The maximum absolute atomic E-state index is 12.1. The summed E-state index contributed by atoms with van der Waals surface area (Å²) < 4.78 is 0. The molecule has 1 aromatic heterocycles. The number of anilines is 3. The lowest BCUT2D eigenvalue weighted by Crippen LogP contribution is -2.20. The molecule has 0 bridgehead atoms. The summed E-state index contributed by atoms with van der Waals surface area (Å²) in [5.41, 5.74) is 2.91. The minimum atomic E-state index is -0.416. The molecule has 31 heavy (non-hydrogen) atoms. The molecule has 0 atom stereocenters. The molecule has 0 aliphatic carbocycles. The van der Waals surface area contributed by atoms with Gasteiger partial charge in [-0.25, -0.2) is 9.97 Å². The average molecular weight is 413 g/mol. The molecule has 4 aromatic rings. The van der Waals surface area contributed by atoms with E-state index < -0.39 is 4.92 Å². The molecule has 156 valence electrons. The number of nitro groups is 1. The second kappa shape index (κ2) is 8.79. The van der Waals surface area contributed by atoms with Gasteiger partial charge in [-0.2, -0.15) is 0 Å². The van der Waals surface area contributed by atoms with Crippen LogP contribution in [0, 0.1) is 17.0 Å². The van der Waals surface area contributed by atoms with Gasteiger partial charge in [0.15, 0.2) is 0 Å². The Kier molecular flexibility index (Phi) is 5.75. The van der Waals surface area contributed by atoms with Gasteiger partial charge in [0.1, 0.15) is 6.33 Å². The van der Waals surface area contributed by atoms with Gasteiger partial charge in [-0.3, -0.25) is 10.1 Å². The lowest BCUT2D eigenvalue weighted by molar-refractivity contribution is -0.383. The van der Waals surface area contributed by atoms with Crippen LogP contribution < -0.4 is 10.2 Å². The number of rotatable bonds is 7. The molecule has 0 amide bonds. The summed E-state index contributed by atoms with van der Waals surface area (Å²) in [6.07, 6.45) is 1.37. The number of fused-ring (bicyclic) bond motifs is 1. The second-order valence-electron chi connectivity index (χ2n) is 7.23. The Morgan fingerprint density at radius 2 is 1.74 bits per heavy atom. The fraction of sp³-hybridized carbons (Fsp3) is 0.167. The largest absolute Gasteiger partial charge is 0.360 e. The molecule has 3 aromatic carbocycles. The van der Waals surface area contributed by atoms with Gasteiger partial charge in [-0.15, -0.1) is 0 Å². The van der Waals surface area contributed by atoms with Gasteiger partial charge >= 0.3 is 5.69 Å². The summed E-state index contributed by atoms with van der Waals surface area (Å²) >= 11 is 0. The molecule has 0 saturated heterocycles. The minimum absolute atomic E-state index is 0.135. The molecule has 0 aliphatic rings. The molecule has 0 aliphatic heterocycles. The Morgan fingerprint density at radius 3 is 2.48 bits per heavy atom. The van der Waals surface area contributed by atoms with E-state index in [2.05, 4.69) is 15.3 Å². The number of nitrogens with one attached hydrogen (secondary N) is 1. The number of hydrogen-bond donors (Lipinski definition) is 1. The predicted molar refractivity (Wildman–Crippen MR) is 124 cm³/mol. The fourth-order valence-electron chi connectivity index (χ4n) is 3.63. The zero-order chi connectivity index (χ0) is 21.8. The highest BCUT2D eigenvalue weighted by Gasteiger charge is 2.28. The molecule has 7 nitrogen and oxygen atoms in total. The van der Waals surface area contributed by atoms with E-state index in [0.29, 0.717) is 13.1 Å². The van der Waals surface area contributed by atoms with Crippen molar-refractivity contribution >= 4 is 33.8 Å². The summed E-state index contributed by atoms with van der Waals surface area (Å²) in [6.45, 7) is 4.92. The third-order valence-corrected chi connectivity index (χ3v) is 5.20. The zero-order valence-corrected chi connectivity index (χ0v) is 17.4. The predicted octanol–water partition coefficient (Wildman–Crippen LogP) is 5.62. The lowest BCUT2D eigenvalue weighted by atomic mass is 10.1. The Balaban J connectivity index is 1.75. The second-order valence-corrected chi connectivity index (χ2v) is 7.23. The van der Waals surface area contributed by atoms with E-state index >= 15 is 0 Å². The monoisotopic (exact) mass is 413 g/mol. The SMILES string of the molecule is CCN(c1ncnc(NCc2ccc(C)cc2)c1[N+](=O)[O-])c1cccc2ccccc12. The van der Waals surface area contributed by atoms with Crippen LogP contribution in [0.2, 0.25) is 0 Å². The van der Waals surface area contributed by atoms with E-state index in [1.165, 1.54) is 6.33 Å². The summed E-state index contributed by atoms with van der Waals surface area (Å²) in [5, 5.41) is 17.3. The van der Waals surface area contributed by atoms with E-state index in [9.17, 15) is 10.1 Å². The van der Waals surface area contributed by atoms with Crippen molar-refractivity contribution in [1.82, 2.24) is 9.97 Å². The molecule has 0 unspecified atom stereocenters. The van der Waals surface area contributed by atoms with Crippen LogP contribution in [0.3, 0.4) is 0 Å². The van der Waals surface area contributed by atoms with Crippen molar-refractivity contribution in [2.45, 2.75) is 20.4 Å². The van der Waals surface area contributed by atoms with E-state index in [0.717, 1.165) is 27.6 Å². The Bertz CT molecular complexity index is 1220. The van der Waals surface area contributed by atoms with E-state index in [1.54, 1.807) is 0 Å². The van der Waals surface area contributed by atoms with Gasteiger partial charge in [0.25, 0.3) is 0 Å². The first-order valence-corrected chi connectivity index (χ1v) is 10.1. The van der Waals surface area contributed by atoms with Crippen molar-refractivity contribution in [1.29, 1.82) is 0 Å². The van der Waals surface area contributed by atoms with Crippen LogP contribution in [0.4, 0.5) is 23.0 Å². The normalized spacial score (nSPS) is 10.8. The highest BCUT2D eigenvalue weighted by Crippen LogP contribution is 2.38. The number of aryl methyl sites for hydroxylation is 1. The van der Waals surface area contributed by atoms with E-state index in [-0.39, 0.29) is 17.3 Å². The molecule has 4 rings (SSSR count). The van der Waals surface area contributed by atoms with Gasteiger partial charge in [0.05, 0.1) is 10.6 Å². The van der Waals surface area contributed by atoms with Crippen LogP contribution in [0.1, 0.15) is 18.1 Å². The van der Waals surface area contributed by atoms with Crippen molar-refractivity contribution < 1.29 is 4.92 Å². The third kappa shape index (κ3) is 4.16. The first kappa shape index (κ1) is 20.3. The summed E-state index contributed by atoms with van der Waals surface area (Å²) in [7, 11) is 0. The standard InChI is InChI=1S/C24H23N5O2/c1-3-28(21-10-6-8-19-7-4-5-9-20(19)21)24-22(29(30)31)23(26-16-27-24)25-15-18-13-11-17(2)12-14-18/h4-14,16H,3,15H2,1-2H3,(H,25,26,27). The van der Waals surface area contributed by atoms with Crippen molar-refractivity contribution in [2.24, 2.45) is 0 Å². The molecular formula is C24H23N5O2. The molecule has 1 N–H and O–H groups in total. The highest BCUT2D eigenvalue weighted by atomic mass is 16.6. The van der Waals surface area contributed by atoms with Crippen LogP contribution in [-0.2, 0) is 6.54 Å². The van der Waals surface area contributed by atoms with Crippen LogP contribution >= 0.6 is 0 Å². The topological polar surface area (TPSA) is 84.2 Å². The molecule has 0 spiro atoms. The Morgan fingerprint density at radius 1 is 1.00 bits per heavy atom. The first-order chi connectivity index (χ1) is 15.1. The number of hydrogen-bond acceptors (Lipinski definition) is 6. The minimum Gasteiger partial charge on any atom is -0.360 e. The number of aromatic nitrogens is 2. The molecule has 0 fully saturated rings. The molecule has 1 heterocycles. The van der Waals surface area contributed by atoms with E-state index in [1.807, 2.05) is 85.5 Å². The third-order valence-electron chi connectivity index (χ3n) is 5.20. The van der Waals surface area contributed by atoms with Gasteiger partial charge in [0, 0.05) is 18.5 Å². The van der Waals surface area contributed by atoms with Crippen LogP contribution in [0.15, 0.2) is 73.1 Å². The molecule has 0 radical (unpaired) electrons. The van der Waals surface area contributed by atoms with Gasteiger partial charge < -0.3 is 10.2 Å².